The van der Waals surface area contributed by atoms with Crippen LogP contribution in [0.15, 0.2) is 241 Å². The quantitative estimate of drug-likeness (QED) is 0.173. The summed E-state index contributed by atoms with van der Waals surface area (Å²) >= 11 is 0. The van der Waals surface area contributed by atoms with Crippen molar-refractivity contribution in [3.05, 3.63) is 237 Å². The summed E-state index contributed by atoms with van der Waals surface area (Å²) in [6.45, 7) is 0. The fraction of sp³-hybridized carbons (Fsp3) is 0. The van der Waals surface area contributed by atoms with Gasteiger partial charge in [0.2, 0.25) is 0 Å². The summed E-state index contributed by atoms with van der Waals surface area (Å²) in [4.78, 5) is 0. The minimum absolute atomic E-state index is 0.913. The minimum atomic E-state index is 0.913. The first-order chi connectivity index (χ1) is 35.7. The highest BCUT2D eigenvalue weighted by atomic mass is 16.3. The lowest BCUT2D eigenvalue weighted by atomic mass is 9.96. The molecule has 0 radical (unpaired) electrons. The lowest BCUT2D eigenvalue weighted by molar-refractivity contribution is 0.669. The minimum Gasteiger partial charge on any atom is -0.456 e. The van der Waals surface area contributed by atoms with Crippen molar-refractivity contribution in [3.8, 4) is 33.6 Å². The number of fused-ring (bicyclic) bond motifs is 18. The van der Waals surface area contributed by atoms with E-state index in [1.807, 2.05) is 0 Å². The molecule has 17 aromatic rings. The van der Waals surface area contributed by atoms with Crippen molar-refractivity contribution in [2.24, 2.45) is 0 Å². The van der Waals surface area contributed by atoms with Crippen molar-refractivity contribution in [1.82, 2.24) is 13.5 Å². The van der Waals surface area contributed by atoms with Gasteiger partial charge < -0.3 is 18.0 Å². The molecule has 0 atom stereocenters. The molecule has 5 aromatic heterocycles. The van der Waals surface area contributed by atoms with Crippen LogP contribution in [0.2, 0.25) is 0 Å². The smallest absolute Gasteiger partial charge is 0.136 e. The van der Waals surface area contributed by atoms with E-state index in [9.17, 15) is 0 Å². The Hall–Kier alpha value is -9.64. The molecule has 17 rings (SSSR count). The summed E-state index contributed by atoms with van der Waals surface area (Å²) in [6.07, 6.45) is 0. The molecule has 332 valence electrons. The molecule has 0 saturated heterocycles. The molecule has 12 aromatic carbocycles. The van der Waals surface area contributed by atoms with Gasteiger partial charge >= 0.3 is 0 Å². The Bertz CT molecular complexity index is 5150. The van der Waals surface area contributed by atoms with Crippen molar-refractivity contribution < 1.29 is 4.42 Å². The molecule has 0 unspecified atom stereocenters. The van der Waals surface area contributed by atoms with Crippen molar-refractivity contribution in [3.63, 3.8) is 0 Å². The highest BCUT2D eigenvalue weighted by molar-refractivity contribution is 6.36. The molecule has 0 aliphatic rings. The van der Waals surface area contributed by atoms with Gasteiger partial charge in [-0.3, -0.25) is 0 Å². The number of furan rings is 1. The molecule has 0 aliphatic carbocycles. The van der Waals surface area contributed by atoms with E-state index >= 15 is 0 Å². The van der Waals surface area contributed by atoms with Crippen LogP contribution in [-0.2, 0) is 0 Å². The van der Waals surface area contributed by atoms with E-state index < -0.39 is 0 Å². The van der Waals surface area contributed by atoms with E-state index in [0.717, 1.165) is 16.6 Å². The number of nitrogens with zero attached hydrogens (tertiary/aromatic N) is 3. The standard InChI is InChI=1S/C68H39N3O/c1-3-13-48(14-4-1)69-58-20-10-7-17-50(58)53-33-42(27-29-60(53)69)40-23-25-44-35-55-56-39-65-66(52-19-9-12-22-64(52)72-65)67-57-36-45-26-24-41(32-47(45)38-63(57)71(68(56)67)62(55)37-46(44)31-40)43-28-30-61-54(34-43)51-18-8-11-21-59(51)70(61)49-15-5-2-6-16-49/h1-39H. The normalized spacial score (nSPS) is 12.4. The highest BCUT2D eigenvalue weighted by Gasteiger charge is 2.24. The first-order valence-electron chi connectivity index (χ1n) is 24.8. The predicted octanol–water partition coefficient (Wildman–Crippen LogP) is 18.6. The molecule has 72 heavy (non-hydrogen) atoms. The van der Waals surface area contributed by atoms with Crippen LogP contribution in [0, 0.1) is 0 Å². The molecule has 0 amide bonds. The average molecular weight is 914 g/mol. The van der Waals surface area contributed by atoms with Gasteiger partial charge in [-0.05, 0) is 153 Å². The third kappa shape index (κ3) is 5.14. The molecule has 5 heterocycles. The predicted molar refractivity (Wildman–Crippen MR) is 303 cm³/mol. The molecule has 0 bridgehead atoms. The maximum atomic E-state index is 6.72. The van der Waals surface area contributed by atoms with Gasteiger partial charge in [0.15, 0.2) is 0 Å². The third-order valence-electron chi connectivity index (χ3n) is 15.9. The van der Waals surface area contributed by atoms with Gasteiger partial charge in [-0.2, -0.15) is 0 Å². The molecule has 0 fully saturated rings. The Labute approximate surface area is 411 Å². The molecular weight excluding hydrogens is 875 g/mol. The zero-order valence-corrected chi connectivity index (χ0v) is 38.8. The van der Waals surface area contributed by atoms with Gasteiger partial charge in [0, 0.05) is 65.2 Å². The molecular formula is C68H39N3O. The van der Waals surface area contributed by atoms with E-state index in [-0.39, 0.29) is 0 Å². The highest BCUT2D eigenvalue weighted by Crippen LogP contribution is 2.48. The number of aromatic nitrogens is 3. The second kappa shape index (κ2) is 14.0. The fourth-order valence-electron chi connectivity index (χ4n) is 12.7. The topological polar surface area (TPSA) is 27.4 Å². The van der Waals surface area contributed by atoms with Crippen LogP contribution >= 0.6 is 0 Å². The van der Waals surface area contributed by atoms with Crippen molar-refractivity contribution in [1.29, 1.82) is 0 Å². The Morgan fingerprint density at radius 2 is 0.708 bits per heavy atom. The van der Waals surface area contributed by atoms with Gasteiger partial charge in [0.05, 0.1) is 38.6 Å². The van der Waals surface area contributed by atoms with Gasteiger partial charge in [0.1, 0.15) is 11.2 Å². The lowest BCUT2D eigenvalue weighted by Gasteiger charge is -2.09. The van der Waals surface area contributed by atoms with Crippen LogP contribution in [0.3, 0.4) is 0 Å². The molecule has 0 N–H and O–H groups in total. The number of benzene rings is 12. The van der Waals surface area contributed by atoms with Crippen LogP contribution < -0.4 is 0 Å². The summed E-state index contributed by atoms with van der Waals surface area (Å²) in [6, 6.07) is 87.3. The van der Waals surface area contributed by atoms with E-state index in [1.165, 1.54) is 142 Å². The maximum Gasteiger partial charge on any atom is 0.136 e. The zero-order valence-electron chi connectivity index (χ0n) is 38.8. The van der Waals surface area contributed by atoms with Gasteiger partial charge in [0.25, 0.3) is 0 Å². The summed E-state index contributed by atoms with van der Waals surface area (Å²) in [5, 5.41) is 17.1. The number of rotatable bonds is 4. The second-order valence-electron chi connectivity index (χ2n) is 19.7. The van der Waals surface area contributed by atoms with E-state index in [1.54, 1.807) is 0 Å². The first-order valence-corrected chi connectivity index (χ1v) is 24.8. The summed E-state index contributed by atoms with van der Waals surface area (Å²) in [5.41, 5.74) is 17.4. The summed E-state index contributed by atoms with van der Waals surface area (Å²) in [7, 11) is 0. The van der Waals surface area contributed by atoms with E-state index in [4.69, 9.17) is 4.42 Å². The Morgan fingerprint density at radius 3 is 1.31 bits per heavy atom. The number of hydrogen-bond donors (Lipinski definition) is 0. The Balaban J connectivity index is 0.880. The molecule has 0 spiro atoms. The number of para-hydroxylation sites is 5. The third-order valence-corrected chi connectivity index (χ3v) is 15.9. The van der Waals surface area contributed by atoms with Crippen molar-refractivity contribution >= 4 is 125 Å². The van der Waals surface area contributed by atoms with Gasteiger partial charge in [-0.15, -0.1) is 0 Å². The summed E-state index contributed by atoms with van der Waals surface area (Å²) in [5.74, 6) is 0. The van der Waals surface area contributed by atoms with Crippen LogP contribution in [-0.4, -0.2) is 13.5 Å². The van der Waals surface area contributed by atoms with Crippen LogP contribution in [0.4, 0.5) is 0 Å². The lowest BCUT2D eigenvalue weighted by Crippen LogP contribution is -1.92. The van der Waals surface area contributed by atoms with E-state index in [2.05, 4.69) is 250 Å². The van der Waals surface area contributed by atoms with Crippen LogP contribution in [0.25, 0.3) is 159 Å². The average Bonchev–Trinajstić information content (AvgIpc) is 4.23. The van der Waals surface area contributed by atoms with Crippen molar-refractivity contribution in [2.45, 2.75) is 0 Å². The SMILES string of the molecule is c1ccc(-n2c3ccccc3c3cc(-c4ccc5cc6c7cc8oc9ccccc9c8c8c9cc%10ccc(-c%11ccc%12c(c%11)c%11ccccc%11n%12-c%11ccccc%11)cc%10cc9n(c6cc5c4)c78)ccc32)cc1. The van der Waals surface area contributed by atoms with Crippen LogP contribution in [0.5, 0.6) is 0 Å². The maximum absolute atomic E-state index is 6.72. The first kappa shape index (κ1) is 38.2. The van der Waals surface area contributed by atoms with Gasteiger partial charge in [-0.25, -0.2) is 0 Å². The number of hydrogen-bond acceptors (Lipinski definition) is 1. The Morgan fingerprint density at radius 1 is 0.250 bits per heavy atom. The summed E-state index contributed by atoms with van der Waals surface area (Å²) < 4.78 is 14.0. The monoisotopic (exact) mass is 913 g/mol. The van der Waals surface area contributed by atoms with Crippen molar-refractivity contribution in [2.75, 3.05) is 0 Å². The van der Waals surface area contributed by atoms with Crippen LogP contribution in [0.1, 0.15) is 0 Å². The molecule has 0 aliphatic heterocycles. The second-order valence-corrected chi connectivity index (χ2v) is 19.7. The molecule has 4 heteroatoms. The largest absolute Gasteiger partial charge is 0.456 e. The fourth-order valence-corrected chi connectivity index (χ4v) is 12.7. The Kier molecular flexibility index (Phi) is 7.44. The zero-order chi connectivity index (χ0) is 46.8. The van der Waals surface area contributed by atoms with Gasteiger partial charge in [-0.1, -0.05) is 127 Å². The molecule has 0 saturated carbocycles. The van der Waals surface area contributed by atoms with E-state index in [0.29, 0.717) is 0 Å². The molecule has 4 nitrogen and oxygen atoms in total.